The first-order valence-corrected chi connectivity index (χ1v) is 9.58. The van der Waals surface area contributed by atoms with Gasteiger partial charge in [0.15, 0.2) is 0 Å². The first-order chi connectivity index (χ1) is 12.0. The molecule has 1 aliphatic heterocycles. The number of carboxylic acids is 1. The summed E-state index contributed by atoms with van der Waals surface area (Å²) in [7, 11) is 0. The van der Waals surface area contributed by atoms with Crippen molar-refractivity contribution in [3.63, 3.8) is 0 Å². The molecule has 0 aromatic carbocycles. The molecule has 136 valence electrons. The third-order valence-corrected chi connectivity index (χ3v) is 6.62. The molecule has 1 aromatic heterocycles. The van der Waals surface area contributed by atoms with Crippen LogP contribution in [0.2, 0.25) is 0 Å². The Bertz CT molecular complexity index is 709. The molecule has 25 heavy (non-hydrogen) atoms. The third kappa shape index (κ3) is 2.49. The summed E-state index contributed by atoms with van der Waals surface area (Å²) in [5.41, 5.74) is 1.05. The Labute approximate surface area is 148 Å². The summed E-state index contributed by atoms with van der Waals surface area (Å²) in [5, 5.41) is 14.3. The fraction of sp³-hybridized carbons (Fsp3) is 0.737. The van der Waals surface area contributed by atoms with Gasteiger partial charge in [0.25, 0.3) is 5.91 Å². The van der Waals surface area contributed by atoms with E-state index in [1.807, 2.05) is 4.68 Å². The monoisotopic (exact) mass is 345 g/mol. The number of hydrogen-bond acceptors (Lipinski definition) is 3. The molecule has 1 saturated heterocycles. The maximum atomic E-state index is 13.2. The van der Waals surface area contributed by atoms with Crippen molar-refractivity contribution in [2.24, 2.45) is 11.3 Å². The van der Waals surface area contributed by atoms with Gasteiger partial charge in [0, 0.05) is 25.0 Å². The van der Waals surface area contributed by atoms with Gasteiger partial charge in [-0.15, -0.1) is 0 Å². The molecule has 0 spiro atoms. The van der Waals surface area contributed by atoms with Crippen LogP contribution in [0.25, 0.3) is 0 Å². The highest BCUT2D eigenvalue weighted by atomic mass is 16.4. The summed E-state index contributed by atoms with van der Waals surface area (Å²) in [6.45, 7) is 5.18. The summed E-state index contributed by atoms with van der Waals surface area (Å²) in [6.07, 6.45) is 7.48. The zero-order valence-electron chi connectivity index (χ0n) is 15.1. The summed E-state index contributed by atoms with van der Waals surface area (Å²) >= 11 is 0. The van der Waals surface area contributed by atoms with Crippen LogP contribution in [0.5, 0.6) is 0 Å². The molecule has 0 radical (unpaired) electrons. The fourth-order valence-electron chi connectivity index (χ4n) is 4.79. The molecule has 1 aromatic rings. The highest BCUT2D eigenvalue weighted by Crippen LogP contribution is 2.50. The molecule has 4 rings (SSSR count). The predicted molar refractivity (Wildman–Crippen MR) is 92.5 cm³/mol. The molecule has 2 aliphatic carbocycles. The van der Waals surface area contributed by atoms with Crippen LogP contribution < -0.4 is 0 Å². The zero-order valence-corrected chi connectivity index (χ0v) is 15.1. The SMILES string of the molecule is CCC(C)n1ncc(C(=O)N2C[C@@H]3CCC[C@@]3(C(=O)O)C2)c1C1CC1. The topological polar surface area (TPSA) is 75.4 Å². The van der Waals surface area contributed by atoms with E-state index in [1.165, 1.54) is 0 Å². The number of carbonyl (C=O) groups excluding carboxylic acids is 1. The van der Waals surface area contributed by atoms with Gasteiger partial charge in [0.1, 0.15) is 0 Å². The molecule has 6 heteroatoms. The van der Waals surface area contributed by atoms with Crippen molar-refractivity contribution in [1.29, 1.82) is 0 Å². The molecule has 1 amide bonds. The Morgan fingerprint density at radius 1 is 1.40 bits per heavy atom. The second kappa shape index (κ2) is 5.85. The normalized spacial score (nSPS) is 29.7. The van der Waals surface area contributed by atoms with E-state index in [-0.39, 0.29) is 17.9 Å². The van der Waals surface area contributed by atoms with Gasteiger partial charge in [0.05, 0.1) is 22.9 Å². The Balaban J connectivity index is 1.62. The zero-order chi connectivity index (χ0) is 17.8. The van der Waals surface area contributed by atoms with Crippen LogP contribution in [0.4, 0.5) is 0 Å². The van der Waals surface area contributed by atoms with Gasteiger partial charge in [-0.1, -0.05) is 13.3 Å². The van der Waals surface area contributed by atoms with E-state index in [2.05, 4.69) is 18.9 Å². The smallest absolute Gasteiger partial charge is 0.311 e. The number of fused-ring (bicyclic) bond motifs is 1. The number of carboxylic acid groups (broad SMARTS) is 1. The molecule has 0 bridgehead atoms. The van der Waals surface area contributed by atoms with E-state index in [0.717, 1.165) is 37.8 Å². The van der Waals surface area contributed by atoms with Crippen molar-refractivity contribution < 1.29 is 14.7 Å². The maximum absolute atomic E-state index is 13.2. The molecular weight excluding hydrogens is 318 g/mol. The van der Waals surface area contributed by atoms with Crippen molar-refractivity contribution >= 4 is 11.9 Å². The van der Waals surface area contributed by atoms with Crippen molar-refractivity contribution in [3.8, 4) is 0 Å². The first-order valence-electron chi connectivity index (χ1n) is 9.58. The van der Waals surface area contributed by atoms with E-state index < -0.39 is 11.4 Å². The van der Waals surface area contributed by atoms with Crippen molar-refractivity contribution in [2.75, 3.05) is 13.1 Å². The Hall–Kier alpha value is -1.85. The van der Waals surface area contributed by atoms with Gasteiger partial charge in [-0.05, 0) is 44.9 Å². The highest BCUT2D eigenvalue weighted by molar-refractivity contribution is 5.96. The lowest BCUT2D eigenvalue weighted by atomic mass is 9.81. The standard InChI is InChI=1S/C19H27N3O3/c1-3-12(2)22-16(13-6-7-13)15(9-20-22)17(23)21-10-14-5-4-8-19(14,11-21)18(24)25/h9,12-14H,3-8,10-11H2,1-2H3,(H,24,25)/t12?,14-,19+/m0/s1. The van der Waals surface area contributed by atoms with Gasteiger partial charge in [-0.2, -0.15) is 5.10 Å². The van der Waals surface area contributed by atoms with Crippen molar-refractivity contribution in [2.45, 2.75) is 64.3 Å². The number of rotatable bonds is 5. The minimum absolute atomic E-state index is 0.0218. The summed E-state index contributed by atoms with van der Waals surface area (Å²) < 4.78 is 2.02. The van der Waals surface area contributed by atoms with E-state index in [9.17, 15) is 14.7 Å². The molecule has 2 saturated carbocycles. The van der Waals surface area contributed by atoms with Gasteiger partial charge in [0.2, 0.25) is 0 Å². The first kappa shape index (κ1) is 16.6. The quantitative estimate of drug-likeness (QED) is 0.890. The van der Waals surface area contributed by atoms with Crippen molar-refractivity contribution in [1.82, 2.24) is 14.7 Å². The summed E-state index contributed by atoms with van der Waals surface area (Å²) in [5.74, 6) is -0.219. The van der Waals surface area contributed by atoms with Gasteiger partial charge >= 0.3 is 5.97 Å². The number of nitrogens with zero attached hydrogens (tertiary/aromatic N) is 3. The average molecular weight is 345 g/mol. The lowest BCUT2D eigenvalue weighted by molar-refractivity contribution is -0.149. The summed E-state index contributed by atoms with van der Waals surface area (Å²) in [4.78, 5) is 26.9. The lowest BCUT2D eigenvalue weighted by Crippen LogP contribution is -2.37. The lowest BCUT2D eigenvalue weighted by Gasteiger charge is -2.23. The third-order valence-electron chi connectivity index (χ3n) is 6.62. The number of amides is 1. The largest absolute Gasteiger partial charge is 0.481 e. The Kier molecular flexibility index (Phi) is 3.89. The Morgan fingerprint density at radius 2 is 2.16 bits per heavy atom. The second-order valence-electron chi connectivity index (χ2n) is 8.16. The fourth-order valence-corrected chi connectivity index (χ4v) is 4.79. The van der Waals surface area contributed by atoms with Crippen LogP contribution in [0.3, 0.4) is 0 Å². The average Bonchev–Trinajstić information content (AvgIpc) is 3.05. The highest BCUT2D eigenvalue weighted by Gasteiger charge is 2.56. The minimum atomic E-state index is -0.733. The van der Waals surface area contributed by atoms with E-state index >= 15 is 0 Å². The van der Waals surface area contributed by atoms with E-state index in [1.54, 1.807) is 11.1 Å². The van der Waals surface area contributed by atoms with Gasteiger partial charge < -0.3 is 10.0 Å². The number of hydrogen-bond donors (Lipinski definition) is 1. The number of aliphatic carboxylic acids is 1. The molecule has 2 heterocycles. The number of aromatic nitrogens is 2. The number of carbonyl (C=O) groups is 2. The maximum Gasteiger partial charge on any atom is 0.311 e. The van der Waals surface area contributed by atoms with Crippen LogP contribution >= 0.6 is 0 Å². The molecule has 3 atom stereocenters. The van der Waals surface area contributed by atoms with E-state index in [0.29, 0.717) is 31.0 Å². The summed E-state index contributed by atoms with van der Waals surface area (Å²) in [6, 6.07) is 0.278. The molecule has 3 aliphatic rings. The molecular formula is C19H27N3O3. The minimum Gasteiger partial charge on any atom is -0.481 e. The molecule has 3 fully saturated rings. The van der Waals surface area contributed by atoms with Crippen molar-refractivity contribution in [3.05, 3.63) is 17.5 Å². The molecule has 1 unspecified atom stereocenters. The van der Waals surface area contributed by atoms with E-state index in [4.69, 9.17) is 0 Å². The van der Waals surface area contributed by atoms with Crippen LogP contribution in [0, 0.1) is 11.3 Å². The second-order valence-corrected chi connectivity index (χ2v) is 8.16. The predicted octanol–water partition coefficient (Wildman–Crippen LogP) is 3.06. The Morgan fingerprint density at radius 3 is 2.76 bits per heavy atom. The number of likely N-dealkylation sites (tertiary alicyclic amines) is 1. The van der Waals surface area contributed by atoms with Crippen LogP contribution in [0.15, 0.2) is 6.20 Å². The van der Waals surface area contributed by atoms with Crippen LogP contribution in [-0.4, -0.2) is 44.8 Å². The van der Waals surface area contributed by atoms with Crippen LogP contribution in [0.1, 0.15) is 80.4 Å². The molecule has 6 nitrogen and oxygen atoms in total. The molecule has 1 N–H and O–H groups in total. The van der Waals surface area contributed by atoms with Crippen LogP contribution in [-0.2, 0) is 4.79 Å². The van der Waals surface area contributed by atoms with Gasteiger partial charge in [-0.3, -0.25) is 14.3 Å². The van der Waals surface area contributed by atoms with Gasteiger partial charge in [-0.25, -0.2) is 0 Å².